The van der Waals surface area contributed by atoms with Crippen LogP contribution in [0.15, 0.2) is 30.3 Å². The Morgan fingerprint density at radius 3 is 2.20 bits per heavy atom. The van der Waals surface area contributed by atoms with Crippen molar-refractivity contribution in [1.29, 1.82) is 0 Å². The van der Waals surface area contributed by atoms with Crippen molar-refractivity contribution in [3.8, 4) is 0 Å². The number of hydrogen-bond acceptors (Lipinski definition) is 0. The van der Waals surface area contributed by atoms with Crippen molar-refractivity contribution in [2.24, 2.45) is 0 Å². The molecule has 0 bridgehead atoms. The Bertz CT molecular complexity index is 162. The smallest absolute Gasteiger partial charge is 0.212 e. The van der Waals surface area contributed by atoms with Gasteiger partial charge in [-0.05, 0) is 12.0 Å². The molecule has 1 aromatic rings. The van der Waals surface area contributed by atoms with Crippen LogP contribution in [0.4, 0.5) is 4.70 Å². The summed E-state index contributed by atoms with van der Waals surface area (Å²) in [6.45, 7) is 0. The monoisotopic (exact) mass is 154 g/mol. The summed E-state index contributed by atoms with van der Waals surface area (Å²) >= 11 is 1.32. The lowest BCUT2D eigenvalue weighted by Gasteiger charge is -1.93. The first kappa shape index (κ1) is 9.68. The van der Waals surface area contributed by atoms with Gasteiger partial charge in [-0.2, -0.15) is 0 Å². The van der Waals surface area contributed by atoms with E-state index < -0.39 is 0 Å². The zero-order valence-corrected chi connectivity index (χ0v) is 8.21. The molecule has 1 aromatic carbocycles. The molecule has 0 amide bonds. The lowest BCUT2D eigenvalue weighted by atomic mass is 10.2. The predicted molar refractivity (Wildman–Crippen MR) is 46.0 cm³/mol. The maximum atomic E-state index is 2.19. The van der Waals surface area contributed by atoms with Gasteiger partial charge in [-0.1, -0.05) is 35.6 Å². The standard InChI is InChI=1S/C8H9.Al.FH.2H/c1-2-8-6-4-3-5-7-8;;;;/h3-7H,1-2H2;;1H;;. The molecule has 1 rings (SSSR count). The fourth-order valence-electron chi connectivity index (χ4n) is 0.933. The van der Waals surface area contributed by atoms with Crippen LogP contribution in [0.5, 0.6) is 0 Å². The van der Waals surface area contributed by atoms with Crippen molar-refractivity contribution < 1.29 is 4.70 Å². The predicted octanol–water partition coefficient (Wildman–Crippen LogP) is 1.43. The molecule has 2 heteroatoms. The highest BCUT2D eigenvalue weighted by molar-refractivity contribution is 6.08. The highest BCUT2D eigenvalue weighted by Gasteiger charge is 1.84. The van der Waals surface area contributed by atoms with Crippen molar-refractivity contribution in [1.82, 2.24) is 0 Å². The van der Waals surface area contributed by atoms with Gasteiger partial charge in [0.25, 0.3) is 0 Å². The van der Waals surface area contributed by atoms with Crippen LogP contribution in [-0.2, 0) is 6.42 Å². The van der Waals surface area contributed by atoms with Crippen molar-refractivity contribution in [2.75, 3.05) is 0 Å². The summed E-state index contributed by atoms with van der Waals surface area (Å²) < 4.78 is 0. The average Bonchev–Trinajstić information content (AvgIpc) is 1.91. The lowest BCUT2D eigenvalue weighted by molar-refractivity contribution is 1.11. The number of hydrogen-bond donors (Lipinski definition) is 0. The fraction of sp³-hybridized carbons (Fsp3) is 0.250. The van der Waals surface area contributed by atoms with E-state index in [1.54, 1.807) is 0 Å². The largest absolute Gasteiger partial charge is 0.269 e. The third kappa shape index (κ3) is 3.01. The maximum absolute atomic E-state index is 2.19. The Morgan fingerprint density at radius 2 is 1.70 bits per heavy atom. The van der Waals surface area contributed by atoms with Gasteiger partial charge in [-0.25, -0.2) is 0 Å². The van der Waals surface area contributed by atoms with Crippen LogP contribution in [0.3, 0.4) is 0 Å². The van der Waals surface area contributed by atoms with E-state index in [-0.39, 0.29) is 4.70 Å². The molecular weight excluding hydrogens is 142 g/mol. The van der Waals surface area contributed by atoms with Gasteiger partial charge in [-0.15, -0.1) is 0 Å². The van der Waals surface area contributed by atoms with Crippen LogP contribution in [0.1, 0.15) is 5.56 Å². The fourth-order valence-corrected chi connectivity index (χ4v) is 1.51. The van der Waals surface area contributed by atoms with Gasteiger partial charge in [-0.3, -0.25) is 4.70 Å². The number of halogens is 1. The number of aryl methyl sites for hydroxylation is 1. The zero-order chi connectivity index (χ0) is 6.53. The minimum absolute atomic E-state index is 0. The van der Waals surface area contributed by atoms with E-state index in [0.717, 1.165) is 0 Å². The second kappa shape index (κ2) is 5.47. The Balaban J connectivity index is 0.000000810. The van der Waals surface area contributed by atoms with E-state index in [4.69, 9.17) is 0 Å². The molecule has 0 aliphatic carbocycles. The van der Waals surface area contributed by atoms with E-state index in [2.05, 4.69) is 30.3 Å². The Kier molecular flexibility index (Phi) is 5.29. The second-order valence-corrected chi connectivity index (χ2v) is 3.24. The summed E-state index contributed by atoms with van der Waals surface area (Å²) in [7, 11) is 0. The molecule has 10 heavy (non-hydrogen) atoms. The topological polar surface area (TPSA) is 0 Å². The molecule has 0 atom stereocenters. The third-order valence-electron chi connectivity index (χ3n) is 1.38. The van der Waals surface area contributed by atoms with Crippen LogP contribution in [0, 0.1) is 0 Å². The summed E-state index contributed by atoms with van der Waals surface area (Å²) in [6.07, 6.45) is 1.27. The van der Waals surface area contributed by atoms with Gasteiger partial charge in [0.1, 0.15) is 0 Å². The summed E-state index contributed by atoms with van der Waals surface area (Å²) in [4.78, 5) is 0. The molecular formula is C8H12AlF. The first-order valence-corrected chi connectivity index (χ1v) is 4.89. The normalized spacial score (nSPS) is 8.40. The molecule has 0 saturated heterocycles. The Morgan fingerprint density at radius 1 is 1.10 bits per heavy atom. The summed E-state index contributed by atoms with van der Waals surface area (Å²) in [5.41, 5.74) is 1.48. The summed E-state index contributed by atoms with van der Waals surface area (Å²) in [5.74, 6) is 0. The molecule has 0 fully saturated rings. The molecule has 0 N–H and O–H groups in total. The lowest BCUT2D eigenvalue weighted by Crippen LogP contribution is -1.80. The van der Waals surface area contributed by atoms with E-state index in [0.29, 0.717) is 0 Å². The third-order valence-corrected chi connectivity index (χ3v) is 1.88. The van der Waals surface area contributed by atoms with Gasteiger partial charge in [0.05, 0.1) is 0 Å². The first-order valence-electron chi connectivity index (χ1n) is 3.47. The number of benzene rings is 1. The maximum Gasteiger partial charge on any atom is 0.212 e. The van der Waals surface area contributed by atoms with Gasteiger partial charge >= 0.3 is 0 Å². The quantitative estimate of drug-likeness (QED) is 0.565. The Hall–Kier alpha value is -0.318. The van der Waals surface area contributed by atoms with Crippen molar-refractivity contribution in [2.45, 2.75) is 11.7 Å². The molecule has 0 aliphatic rings. The minimum atomic E-state index is 0. The van der Waals surface area contributed by atoms with Crippen LogP contribution in [0.25, 0.3) is 0 Å². The van der Waals surface area contributed by atoms with Crippen LogP contribution >= 0.6 is 0 Å². The van der Waals surface area contributed by atoms with E-state index in [1.807, 2.05) is 0 Å². The highest BCUT2D eigenvalue weighted by Crippen LogP contribution is 1.99. The molecule has 0 heterocycles. The molecule has 0 saturated carbocycles. The molecule has 0 aromatic heterocycles. The minimum Gasteiger partial charge on any atom is -0.269 e. The summed E-state index contributed by atoms with van der Waals surface area (Å²) in [6, 6.07) is 10.7. The molecule has 0 unspecified atom stereocenters. The van der Waals surface area contributed by atoms with Gasteiger partial charge in [0.2, 0.25) is 16.3 Å². The van der Waals surface area contributed by atoms with E-state index in [9.17, 15) is 0 Å². The van der Waals surface area contributed by atoms with Gasteiger partial charge in [0, 0.05) is 0 Å². The van der Waals surface area contributed by atoms with Crippen molar-refractivity contribution in [3.63, 3.8) is 0 Å². The molecule has 54 valence electrons. The van der Waals surface area contributed by atoms with E-state index >= 15 is 0 Å². The van der Waals surface area contributed by atoms with Gasteiger partial charge < -0.3 is 0 Å². The van der Waals surface area contributed by atoms with Crippen molar-refractivity contribution >= 4 is 16.3 Å². The second-order valence-electron chi connectivity index (χ2n) is 2.24. The highest BCUT2D eigenvalue weighted by atomic mass is 27.0. The SMILES string of the molecule is F.[AlH2][CH2]Cc1ccccc1. The molecule has 0 spiro atoms. The van der Waals surface area contributed by atoms with Gasteiger partial charge in [0.15, 0.2) is 0 Å². The van der Waals surface area contributed by atoms with Crippen LogP contribution < -0.4 is 0 Å². The summed E-state index contributed by atoms with van der Waals surface area (Å²) in [5, 5.41) is 1.38. The van der Waals surface area contributed by atoms with Crippen LogP contribution in [-0.4, -0.2) is 16.3 Å². The molecule has 0 radical (unpaired) electrons. The number of rotatable bonds is 2. The molecule has 0 aliphatic heterocycles. The zero-order valence-electron chi connectivity index (χ0n) is 6.21. The van der Waals surface area contributed by atoms with E-state index in [1.165, 1.54) is 33.6 Å². The van der Waals surface area contributed by atoms with Crippen LogP contribution in [0.2, 0.25) is 5.28 Å². The Labute approximate surface area is 69.1 Å². The average molecular weight is 154 g/mol. The first-order chi connectivity index (χ1) is 4.43. The molecule has 0 nitrogen and oxygen atoms in total. The van der Waals surface area contributed by atoms with Crippen molar-refractivity contribution in [3.05, 3.63) is 35.9 Å².